The lowest BCUT2D eigenvalue weighted by atomic mass is 9.98. The number of esters is 2. The maximum atomic E-state index is 13.0. The molecule has 2 fully saturated rings. The lowest BCUT2D eigenvalue weighted by molar-refractivity contribution is -0.332. The number of aliphatic hydroxyl groups is 7. The first-order chi connectivity index (χ1) is 32.0. The van der Waals surface area contributed by atoms with E-state index in [0.717, 1.165) is 70.6 Å². The Balaban J connectivity index is 1.80. The number of rotatable bonds is 40. The topological polar surface area (TPSA) is 231 Å². The summed E-state index contributed by atoms with van der Waals surface area (Å²) in [6.07, 6.45) is 22.1. The van der Waals surface area contributed by atoms with Gasteiger partial charge in [-0.2, -0.15) is 0 Å². The van der Waals surface area contributed by atoms with Gasteiger partial charge in [0, 0.05) is 12.8 Å². The third-order valence-electron chi connectivity index (χ3n) is 12.4. The van der Waals surface area contributed by atoms with Gasteiger partial charge in [0.05, 0.1) is 19.8 Å². The second-order valence-corrected chi connectivity index (χ2v) is 18.4. The van der Waals surface area contributed by atoms with Crippen LogP contribution in [0.25, 0.3) is 0 Å². The van der Waals surface area contributed by atoms with Gasteiger partial charge in [-0.25, -0.2) is 0 Å². The lowest BCUT2D eigenvalue weighted by Crippen LogP contribution is -2.61. The van der Waals surface area contributed by atoms with Crippen LogP contribution in [0.1, 0.15) is 194 Å². The molecule has 0 bridgehead atoms. The van der Waals surface area contributed by atoms with E-state index in [4.69, 9.17) is 28.4 Å². The highest BCUT2D eigenvalue weighted by Gasteiger charge is 2.47. The van der Waals surface area contributed by atoms with Crippen molar-refractivity contribution in [3.8, 4) is 0 Å². The summed E-state index contributed by atoms with van der Waals surface area (Å²) in [5.41, 5.74) is 0. The number of carbonyl (C=O) groups is 2. The quantitative estimate of drug-likeness (QED) is 0.0184. The Kier molecular flexibility index (Phi) is 35.3. The van der Waals surface area contributed by atoms with Gasteiger partial charge in [0.15, 0.2) is 18.7 Å². The number of carbonyl (C=O) groups excluding carboxylic acids is 2. The molecule has 0 aromatic heterocycles. The minimum absolute atomic E-state index is 0.151. The molecule has 15 nitrogen and oxygen atoms in total. The zero-order valence-electron chi connectivity index (χ0n) is 40.7. The molecule has 0 saturated carbocycles. The largest absolute Gasteiger partial charge is 0.462 e. The van der Waals surface area contributed by atoms with Gasteiger partial charge in [0.25, 0.3) is 0 Å². The maximum Gasteiger partial charge on any atom is 0.306 e. The second kappa shape index (κ2) is 38.8. The molecule has 7 N–H and O–H groups in total. The monoisotopic (exact) mass is 945 g/mol. The Labute approximate surface area is 396 Å². The molecule has 11 atom stereocenters. The third-order valence-corrected chi connectivity index (χ3v) is 12.4. The van der Waals surface area contributed by atoms with E-state index in [1.165, 1.54) is 83.5 Å². The molecular formula is C51H92O15. The average Bonchev–Trinajstić information content (AvgIpc) is 3.31. The minimum Gasteiger partial charge on any atom is -0.462 e. The van der Waals surface area contributed by atoms with Gasteiger partial charge in [0.1, 0.15) is 55.4 Å². The van der Waals surface area contributed by atoms with E-state index in [1.54, 1.807) is 0 Å². The van der Waals surface area contributed by atoms with Gasteiger partial charge < -0.3 is 64.2 Å². The Hall–Kier alpha value is -2.02. The summed E-state index contributed by atoms with van der Waals surface area (Å²) in [6, 6.07) is 0. The van der Waals surface area contributed by atoms with Crippen molar-refractivity contribution in [1.29, 1.82) is 0 Å². The van der Waals surface area contributed by atoms with Crippen LogP contribution in [0.3, 0.4) is 0 Å². The van der Waals surface area contributed by atoms with Crippen molar-refractivity contribution in [2.24, 2.45) is 0 Å². The molecule has 2 aliphatic rings. The van der Waals surface area contributed by atoms with Gasteiger partial charge in [-0.1, -0.05) is 167 Å². The standard InChI is InChI=1S/C51H92O15/c1-3-5-7-9-11-13-15-17-18-19-20-22-23-25-27-29-31-33-42(53)61-36-39(64-43(54)34-32-30-28-26-24-21-16-14-12-10-8-6-4-2)37-62-50-49(60)47(58)45(56)41(66-50)38-63-51-48(59)46(57)44(55)40(35-52)65-51/h8,10,14,16,39-41,44-52,55-60H,3-7,9,11-13,15,17-38H2,1-2H3/b10-8-,16-14-. The second-order valence-electron chi connectivity index (χ2n) is 18.4. The van der Waals surface area contributed by atoms with E-state index in [9.17, 15) is 45.3 Å². The van der Waals surface area contributed by atoms with Crippen LogP contribution in [0, 0.1) is 0 Å². The van der Waals surface area contributed by atoms with Crippen LogP contribution in [-0.2, 0) is 38.0 Å². The summed E-state index contributed by atoms with van der Waals surface area (Å²) in [7, 11) is 0. The minimum atomic E-state index is -1.76. The molecule has 2 saturated heterocycles. The van der Waals surface area contributed by atoms with Crippen molar-refractivity contribution in [2.45, 2.75) is 261 Å². The van der Waals surface area contributed by atoms with E-state index in [2.05, 4.69) is 38.2 Å². The van der Waals surface area contributed by atoms with E-state index in [0.29, 0.717) is 12.8 Å². The lowest BCUT2D eigenvalue weighted by Gasteiger charge is -2.42. The van der Waals surface area contributed by atoms with E-state index in [-0.39, 0.29) is 26.1 Å². The molecule has 0 radical (unpaired) electrons. The Morgan fingerprint density at radius 3 is 1.47 bits per heavy atom. The van der Waals surface area contributed by atoms with Crippen LogP contribution >= 0.6 is 0 Å². The van der Waals surface area contributed by atoms with Crippen molar-refractivity contribution in [2.75, 3.05) is 26.4 Å². The number of unbranched alkanes of at least 4 members (excludes halogenated alkanes) is 22. The fourth-order valence-electron chi connectivity index (χ4n) is 8.14. The van der Waals surface area contributed by atoms with Gasteiger partial charge in [-0.3, -0.25) is 9.59 Å². The SMILES string of the molecule is CCC/C=C\C/C=C\CCCCCCCC(=O)OC(COC(=O)CCCCCCCCCCCCCCCCCCC)COC1OC(COC2OC(CO)C(O)C(O)C2O)C(O)C(O)C1O. The van der Waals surface area contributed by atoms with E-state index >= 15 is 0 Å². The molecule has 0 aliphatic carbocycles. The Morgan fingerprint density at radius 1 is 0.485 bits per heavy atom. The summed E-state index contributed by atoms with van der Waals surface area (Å²) in [5, 5.41) is 72.0. The first kappa shape index (κ1) is 60.1. The highest BCUT2D eigenvalue weighted by molar-refractivity contribution is 5.70. The van der Waals surface area contributed by atoms with Crippen LogP contribution in [0.4, 0.5) is 0 Å². The van der Waals surface area contributed by atoms with Crippen molar-refractivity contribution < 1.29 is 73.8 Å². The first-order valence-corrected chi connectivity index (χ1v) is 25.9. The zero-order valence-corrected chi connectivity index (χ0v) is 40.7. The zero-order chi connectivity index (χ0) is 48.2. The molecule has 0 aromatic rings. The highest BCUT2D eigenvalue weighted by atomic mass is 16.7. The normalized spacial score (nSPS) is 26.3. The molecule has 11 unspecified atom stereocenters. The molecule has 15 heteroatoms. The fourth-order valence-corrected chi connectivity index (χ4v) is 8.14. The molecule has 66 heavy (non-hydrogen) atoms. The summed E-state index contributed by atoms with van der Waals surface area (Å²) < 4.78 is 33.6. The van der Waals surface area contributed by atoms with Crippen molar-refractivity contribution in [1.82, 2.24) is 0 Å². The number of ether oxygens (including phenoxy) is 6. The predicted octanol–water partition coefficient (Wildman–Crippen LogP) is 7.16. The van der Waals surface area contributed by atoms with Crippen molar-refractivity contribution >= 4 is 11.9 Å². The van der Waals surface area contributed by atoms with Crippen molar-refractivity contribution in [3.63, 3.8) is 0 Å². The van der Waals surface area contributed by atoms with Crippen LogP contribution in [-0.4, -0.2) is 142 Å². The van der Waals surface area contributed by atoms with Gasteiger partial charge in [-0.15, -0.1) is 0 Å². The van der Waals surface area contributed by atoms with Crippen molar-refractivity contribution in [3.05, 3.63) is 24.3 Å². The fraction of sp³-hybridized carbons (Fsp3) is 0.882. The summed E-state index contributed by atoms with van der Waals surface area (Å²) in [6.45, 7) is 2.52. The summed E-state index contributed by atoms with van der Waals surface area (Å²) in [5.74, 6) is -0.934. The molecule has 386 valence electrons. The first-order valence-electron chi connectivity index (χ1n) is 25.9. The highest BCUT2D eigenvalue weighted by Crippen LogP contribution is 2.26. The summed E-state index contributed by atoms with van der Waals surface area (Å²) in [4.78, 5) is 25.7. The molecular weight excluding hydrogens is 853 g/mol. The molecule has 2 rings (SSSR count). The smallest absolute Gasteiger partial charge is 0.306 e. The number of hydrogen-bond acceptors (Lipinski definition) is 15. The Morgan fingerprint density at radius 2 is 0.939 bits per heavy atom. The molecule has 2 aliphatic heterocycles. The predicted molar refractivity (Wildman–Crippen MR) is 252 cm³/mol. The average molecular weight is 945 g/mol. The molecule has 0 spiro atoms. The molecule has 2 heterocycles. The maximum absolute atomic E-state index is 13.0. The van der Waals surface area contributed by atoms with Gasteiger partial charge in [0.2, 0.25) is 0 Å². The van der Waals surface area contributed by atoms with E-state index in [1.807, 2.05) is 0 Å². The van der Waals surface area contributed by atoms with Gasteiger partial charge in [-0.05, 0) is 38.5 Å². The Bertz CT molecular complexity index is 1250. The van der Waals surface area contributed by atoms with Crippen LogP contribution < -0.4 is 0 Å². The number of aliphatic hydroxyl groups excluding tert-OH is 7. The van der Waals surface area contributed by atoms with Gasteiger partial charge >= 0.3 is 11.9 Å². The number of allylic oxidation sites excluding steroid dienone is 4. The summed E-state index contributed by atoms with van der Waals surface area (Å²) >= 11 is 0. The third kappa shape index (κ3) is 26.7. The molecule has 0 aromatic carbocycles. The van der Waals surface area contributed by atoms with Crippen LogP contribution in [0.15, 0.2) is 24.3 Å². The van der Waals surface area contributed by atoms with Crippen LogP contribution in [0.2, 0.25) is 0 Å². The van der Waals surface area contributed by atoms with E-state index < -0.39 is 92.7 Å². The van der Waals surface area contributed by atoms with Crippen LogP contribution in [0.5, 0.6) is 0 Å². The molecule has 0 amide bonds. The number of hydrogen-bond donors (Lipinski definition) is 7.